The van der Waals surface area contributed by atoms with Gasteiger partial charge in [0, 0.05) is 22.7 Å². The molecule has 1 saturated heterocycles. The van der Waals surface area contributed by atoms with Crippen LogP contribution in [0.5, 0.6) is 0 Å². The van der Waals surface area contributed by atoms with Gasteiger partial charge in [0.1, 0.15) is 12.1 Å². The lowest BCUT2D eigenvalue weighted by Crippen LogP contribution is -2.51. The molecule has 1 aromatic carbocycles. The van der Waals surface area contributed by atoms with E-state index in [0.29, 0.717) is 19.8 Å². The first-order chi connectivity index (χ1) is 10.2. The second-order valence-electron chi connectivity index (χ2n) is 5.03. The number of aliphatic hydroxyl groups excluding tert-OH is 1. The van der Waals surface area contributed by atoms with E-state index in [-0.39, 0.29) is 30.9 Å². The lowest BCUT2D eigenvalue weighted by molar-refractivity contribution is -0.126. The number of benzene rings is 1. The number of rotatable bonds is 4. The molecule has 0 saturated carbocycles. The van der Waals surface area contributed by atoms with E-state index in [0.717, 1.165) is 15.0 Å². The van der Waals surface area contributed by atoms with Crippen molar-refractivity contribution in [2.75, 3.05) is 26.3 Å². The summed E-state index contributed by atoms with van der Waals surface area (Å²) in [6.45, 7) is 1.90. The molecular weight excluding hydrogens is 324 g/mol. The van der Waals surface area contributed by atoms with Crippen LogP contribution in [0.15, 0.2) is 30.3 Å². The number of ether oxygens (including phenoxy) is 1. The lowest BCUT2D eigenvalue weighted by atomic mass is 10.2. The van der Waals surface area contributed by atoms with Gasteiger partial charge in [-0.1, -0.05) is 18.2 Å². The molecule has 1 aliphatic rings. The second-order valence-corrected chi connectivity index (χ2v) is 6.14. The minimum Gasteiger partial charge on any atom is -0.386 e. The number of fused-ring (bicyclic) bond motifs is 1. The number of morpholine rings is 1. The van der Waals surface area contributed by atoms with Crippen molar-refractivity contribution in [1.29, 1.82) is 0 Å². The number of amides is 1. The first-order valence-electron chi connectivity index (χ1n) is 6.99. The number of hydrogen-bond donors (Lipinski definition) is 3. The predicted octanol–water partition coefficient (Wildman–Crippen LogP) is 1.46. The highest BCUT2D eigenvalue weighted by Gasteiger charge is 2.22. The van der Waals surface area contributed by atoms with E-state index < -0.39 is 6.10 Å². The molecule has 1 aliphatic heterocycles. The van der Waals surface area contributed by atoms with E-state index >= 15 is 0 Å². The maximum atomic E-state index is 11.9. The molecule has 2 aromatic rings. The molecule has 0 aliphatic carbocycles. The number of hydrogen-bond acceptors (Lipinski definition) is 5. The minimum atomic E-state index is -0.684. The van der Waals surface area contributed by atoms with Crippen LogP contribution in [-0.2, 0) is 9.53 Å². The molecule has 1 amide bonds. The summed E-state index contributed by atoms with van der Waals surface area (Å²) in [5.41, 5.74) is 0. The van der Waals surface area contributed by atoms with Crippen molar-refractivity contribution < 1.29 is 14.6 Å². The Hall–Kier alpha value is -1.18. The van der Waals surface area contributed by atoms with Crippen LogP contribution in [-0.4, -0.2) is 43.4 Å². The first kappa shape index (κ1) is 17.2. The Morgan fingerprint density at radius 2 is 2.32 bits per heavy atom. The number of nitrogens with one attached hydrogen (secondary N) is 2. The Balaban J connectivity index is 0.00000176. The Labute approximate surface area is 139 Å². The molecule has 5 nitrogen and oxygen atoms in total. The molecule has 2 unspecified atom stereocenters. The number of carbonyl (C=O) groups excluding carboxylic acids is 1. The molecule has 1 fully saturated rings. The molecule has 22 heavy (non-hydrogen) atoms. The number of carbonyl (C=O) groups is 1. The average Bonchev–Trinajstić information content (AvgIpc) is 2.97. The molecule has 0 radical (unpaired) electrons. The standard InChI is InChI=1S/C15H18N2O3S.ClH/c18-12(8-17-15(19)11-9-20-6-5-16-11)14-7-10-3-1-2-4-13(10)21-14;/h1-4,7,11-12,16,18H,5-6,8-9H2,(H,17,19);1H. The fourth-order valence-electron chi connectivity index (χ4n) is 2.32. The largest absolute Gasteiger partial charge is 0.386 e. The zero-order valence-corrected chi connectivity index (χ0v) is 13.6. The van der Waals surface area contributed by atoms with Gasteiger partial charge in [-0.2, -0.15) is 0 Å². The summed E-state index contributed by atoms with van der Waals surface area (Å²) in [6, 6.07) is 9.64. The van der Waals surface area contributed by atoms with Crippen molar-refractivity contribution in [3.63, 3.8) is 0 Å². The van der Waals surface area contributed by atoms with E-state index in [1.807, 2.05) is 30.3 Å². The molecule has 2 atom stereocenters. The summed E-state index contributed by atoms with van der Waals surface area (Å²) in [5.74, 6) is -0.130. The third-order valence-electron chi connectivity index (χ3n) is 3.48. The molecule has 7 heteroatoms. The van der Waals surface area contributed by atoms with E-state index in [9.17, 15) is 9.90 Å². The van der Waals surface area contributed by atoms with Crippen LogP contribution in [0.25, 0.3) is 10.1 Å². The Morgan fingerprint density at radius 3 is 3.05 bits per heavy atom. The Morgan fingerprint density at radius 1 is 1.50 bits per heavy atom. The molecule has 3 rings (SSSR count). The smallest absolute Gasteiger partial charge is 0.239 e. The summed E-state index contributed by atoms with van der Waals surface area (Å²) in [5, 5.41) is 17.2. The highest BCUT2D eigenvalue weighted by Crippen LogP contribution is 2.29. The second kappa shape index (κ2) is 7.89. The van der Waals surface area contributed by atoms with Crippen LogP contribution < -0.4 is 10.6 Å². The molecule has 0 spiro atoms. The monoisotopic (exact) mass is 342 g/mol. The highest BCUT2D eigenvalue weighted by molar-refractivity contribution is 7.19. The third-order valence-corrected chi connectivity index (χ3v) is 4.70. The van der Waals surface area contributed by atoms with Crippen LogP contribution in [0.1, 0.15) is 11.0 Å². The molecule has 0 bridgehead atoms. The SMILES string of the molecule is Cl.O=C(NCC(O)c1cc2ccccc2s1)C1COCCN1. The summed E-state index contributed by atoms with van der Waals surface area (Å²) in [6.07, 6.45) is -0.684. The first-order valence-corrected chi connectivity index (χ1v) is 7.81. The van der Waals surface area contributed by atoms with Gasteiger partial charge in [-0.15, -0.1) is 23.7 Å². The van der Waals surface area contributed by atoms with Crippen LogP contribution in [0.2, 0.25) is 0 Å². The summed E-state index contributed by atoms with van der Waals surface area (Å²) >= 11 is 1.55. The number of thiophene rings is 1. The van der Waals surface area contributed by atoms with Gasteiger partial charge in [0.15, 0.2) is 0 Å². The van der Waals surface area contributed by atoms with Gasteiger partial charge in [-0.3, -0.25) is 4.79 Å². The summed E-state index contributed by atoms with van der Waals surface area (Å²) < 4.78 is 6.39. The van der Waals surface area contributed by atoms with Gasteiger partial charge >= 0.3 is 0 Å². The van der Waals surface area contributed by atoms with Gasteiger partial charge in [0.2, 0.25) is 5.91 Å². The third kappa shape index (κ3) is 3.97. The van der Waals surface area contributed by atoms with Gasteiger partial charge in [0.05, 0.1) is 13.2 Å². The van der Waals surface area contributed by atoms with Gasteiger partial charge in [-0.05, 0) is 17.5 Å². The maximum Gasteiger partial charge on any atom is 0.239 e. The highest BCUT2D eigenvalue weighted by atomic mass is 35.5. The zero-order chi connectivity index (χ0) is 14.7. The van der Waals surface area contributed by atoms with Gasteiger partial charge in [-0.25, -0.2) is 0 Å². The normalized spacial score (nSPS) is 19.4. The molecule has 3 N–H and O–H groups in total. The summed E-state index contributed by atoms with van der Waals surface area (Å²) in [7, 11) is 0. The van der Waals surface area contributed by atoms with Crippen molar-refractivity contribution in [2.24, 2.45) is 0 Å². The van der Waals surface area contributed by atoms with E-state index in [1.54, 1.807) is 11.3 Å². The van der Waals surface area contributed by atoms with E-state index in [1.165, 1.54) is 0 Å². The average molecular weight is 343 g/mol. The lowest BCUT2D eigenvalue weighted by Gasteiger charge is -2.23. The van der Waals surface area contributed by atoms with Crippen molar-refractivity contribution >= 4 is 39.7 Å². The van der Waals surface area contributed by atoms with Crippen molar-refractivity contribution in [2.45, 2.75) is 12.1 Å². The fraction of sp³-hybridized carbons (Fsp3) is 0.400. The fourth-order valence-corrected chi connectivity index (χ4v) is 3.37. The number of halogens is 1. The molecule has 120 valence electrons. The minimum absolute atomic E-state index is 0. The van der Waals surface area contributed by atoms with Crippen molar-refractivity contribution in [1.82, 2.24) is 10.6 Å². The zero-order valence-electron chi connectivity index (χ0n) is 12.0. The Kier molecular flexibility index (Phi) is 6.16. The van der Waals surface area contributed by atoms with Crippen LogP contribution in [0.4, 0.5) is 0 Å². The van der Waals surface area contributed by atoms with E-state index in [2.05, 4.69) is 10.6 Å². The van der Waals surface area contributed by atoms with Crippen LogP contribution in [0, 0.1) is 0 Å². The Bertz CT molecular complexity index is 595. The maximum absolute atomic E-state index is 11.9. The quantitative estimate of drug-likeness (QED) is 0.786. The molecule has 1 aromatic heterocycles. The molecule has 2 heterocycles. The van der Waals surface area contributed by atoms with Crippen LogP contribution >= 0.6 is 23.7 Å². The topological polar surface area (TPSA) is 70.6 Å². The van der Waals surface area contributed by atoms with Gasteiger partial charge in [0.25, 0.3) is 0 Å². The van der Waals surface area contributed by atoms with Crippen molar-refractivity contribution in [3.05, 3.63) is 35.2 Å². The summed E-state index contributed by atoms with van der Waals surface area (Å²) in [4.78, 5) is 12.8. The number of aliphatic hydroxyl groups is 1. The van der Waals surface area contributed by atoms with Crippen LogP contribution in [0.3, 0.4) is 0 Å². The van der Waals surface area contributed by atoms with E-state index in [4.69, 9.17) is 4.74 Å². The molecular formula is C15H19ClN2O3S. The van der Waals surface area contributed by atoms with Crippen molar-refractivity contribution in [3.8, 4) is 0 Å². The van der Waals surface area contributed by atoms with Gasteiger partial charge < -0.3 is 20.5 Å². The predicted molar refractivity (Wildman–Crippen MR) is 89.7 cm³/mol.